The van der Waals surface area contributed by atoms with Gasteiger partial charge in [0.15, 0.2) is 5.65 Å². The summed E-state index contributed by atoms with van der Waals surface area (Å²) in [6.07, 6.45) is 2.19. The zero-order chi connectivity index (χ0) is 14.3. The van der Waals surface area contributed by atoms with Gasteiger partial charge >= 0.3 is 0 Å². The summed E-state index contributed by atoms with van der Waals surface area (Å²) in [7, 11) is -1.74. The molecule has 3 rings (SSSR count). The highest BCUT2D eigenvalue weighted by atomic mass is 35.5. The highest BCUT2D eigenvalue weighted by molar-refractivity contribution is 7.89. The Morgan fingerprint density at radius 2 is 2.24 bits per heavy atom. The van der Waals surface area contributed by atoms with Crippen LogP contribution in [0.3, 0.4) is 0 Å². The predicted octanol–water partition coefficient (Wildman–Crippen LogP) is 0.339. The van der Waals surface area contributed by atoms with E-state index in [2.05, 4.69) is 20.1 Å². The van der Waals surface area contributed by atoms with E-state index in [1.165, 1.54) is 6.20 Å². The van der Waals surface area contributed by atoms with Crippen molar-refractivity contribution in [2.24, 2.45) is 7.05 Å². The van der Waals surface area contributed by atoms with Gasteiger partial charge in [0.05, 0.1) is 5.69 Å². The normalized spacial score (nSPS) is 18.9. The van der Waals surface area contributed by atoms with Crippen LogP contribution >= 0.6 is 12.4 Å². The van der Waals surface area contributed by atoms with Crippen molar-refractivity contribution in [1.82, 2.24) is 24.8 Å². The van der Waals surface area contributed by atoms with E-state index < -0.39 is 10.0 Å². The van der Waals surface area contributed by atoms with Crippen molar-refractivity contribution in [3.63, 3.8) is 0 Å². The zero-order valence-corrected chi connectivity index (χ0v) is 13.5. The molecule has 0 aliphatic carbocycles. The van der Waals surface area contributed by atoms with Gasteiger partial charge in [0.2, 0.25) is 10.0 Å². The average molecular weight is 332 g/mol. The largest absolute Gasteiger partial charge is 0.315 e. The summed E-state index contributed by atoms with van der Waals surface area (Å²) < 4.78 is 29.0. The van der Waals surface area contributed by atoms with Crippen LogP contribution in [0.15, 0.2) is 17.2 Å². The first-order valence-corrected chi connectivity index (χ1v) is 7.98. The van der Waals surface area contributed by atoms with Gasteiger partial charge in [-0.15, -0.1) is 12.4 Å². The number of nitrogens with one attached hydrogen (secondary N) is 2. The van der Waals surface area contributed by atoms with Crippen LogP contribution in [0.5, 0.6) is 0 Å². The molecule has 7 nitrogen and oxygen atoms in total. The van der Waals surface area contributed by atoms with Crippen LogP contribution in [0.25, 0.3) is 11.0 Å². The van der Waals surface area contributed by atoms with Gasteiger partial charge in [-0.1, -0.05) is 0 Å². The van der Waals surface area contributed by atoms with Crippen molar-refractivity contribution in [3.8, 4) is 0 Å². The molecule has 0 radical (unpaired) electrons. The van der Waals surface area contributed by atoms with Crippen LogP contribution in [0.4, 0.5) is 0 Å². The zero-order valence-electron chi connectivity index (χ0n) is 11.8. The van der Waals surface area contributed by atoms with Gasteiger partial charge in [0.1, 0.15) is 4.90 Å². The van der Waals surface area contributed by atoms with Gasteiger partial charge in [-0.05, 0) is 26.0 Å². The quantitative estimate of drug-likeness (QED) is 0.846. The van der Waals surface area contributed by atoms with Crippen LogP contribution in [-0.4, -0.2) is 42.3 Å². The number of halogens is 1. The second-order valence-corrected chi connectivity index (χ2v) is 6.78. The van der Waals surface area contributed by atoms with Crippen LogP contribution in [0.2, 0.25) is 0 Å². The summed E-state index contributed by atoms with van der Waals surface area (Å²) in [5.74, 6) is 0. The Hall–Kier alpha value is -1.22. The van der Waals surface area contributed by atoms with E-state index in [0.717, 1.165) is 24.0 Å². The SMILES string of the molecule is Cc1nn(C)c2ncc(S(=O)(=O)NC3CCNC3)cc12.Cl. The first kappa shape index (κ1) is 16.2. The van der Waals surface area contributed by atoms with E-state index >= 15 is 0 Å². The molecule has 2 aromatic heterocycles. The van der Waals surface area contributed by atoms with Gasteiger partial charge < -0.3 is 5.32 Å². The number of aromatic nitrogens is 3. The number of nitrogens with zero attached hydrogens (tertiary/aromatic N) is 3. The maximum atomic E-state index is 12.3. The van der Waals surface area contributed by atoms with Crippen LogP contribution in [-0.2, 0) is 17.1 Å². The highest BCUT2D eigenvalue weighted by Gasteiger charge is 2.23. The lowest BCUT2D eigenvalue weighted by Gasteiger charge is -2.11. The van der Waals surface area contributed by atoms with Crippen molar-refractivity contribution >= 4 is 33.5 Å². The molecule has 2 N–H and O–H groups in total. The molecule has 0 spiro atoms. The van der Waals surface area contributed by atoms with Gasteiger partial charge in [-0.3, -0.25) is 4.68 Å². The molecule has 0 bridgehead atoms. The fourth-order valence-corrected chi connectivity index (χ4v) is 3.72. The second kappa shape index (κ2) is 5.88. The molecule has 0 saturated carbocycles. The summed E-state index contributed by atoms with van der Waals surface area (Å²) in [5.41, 5.74) is 1.46. The molecule has 1 aliphatic heterocycles. The first-order valence-electron chi connectivity index (χ1n) is 6.50. The lowest BCUT2D eigenvalue weighted by atomic mass is 10.3. The van der Waals surface area contributed by atoms with E-state index in [-0.39, 0.29) is 23.3 Å². The van der Waals surface area contributed by atoms with Crippen LogP contribution < -0.4 is 10.0 Å². The molecular weight excluding hydrogens is 314 g/mol. The Bertz CT molecular complexity index is 752. The number of aryl methyl sites for hydroxylation is 2. The maximum Gasteiger partial charge on any atom is 0.242 e. The molecule has 1 aliphatic rings. The standard InChI is InChI=1S/C12H17N5O2S.ClH/c1-8-11-5-10(7-14-12(11)17(2)15-8)20(18,19)16-9-3-4-13-6-9;/h5,7,9,13,16H,3-4,6H2,1-2H3;1H. The number of fused-ring (bicyclic) bond motifs is 1. The molecule has 1 fully saturated rings. The molecule has 116 valence electrons. The Morgan fingerprint density at radius 3 is 2.90 bits per heavy atom. The lowest BCUT2D eigenvalue weighted by Crippen LogP contribution is -2.36. The number of hydrogen-bond donors (Lipinski definition) is 2. The predicted molar refractivity (Wildman–Crippen MR) is 82.1 cm³/mol. The molecule has 2 aromatic rings. The Balaban J connectivity index is 0.00000161. The van der Waals surface area contributed by atoms with Crippen molar-refractivity contribution in [1.29, 1.82) is 0 Å². The number of hydrogen-bond acceptors (Lipinski definition) is 5. The van der Waals surface area contributed by atoms with E-state index in [9.17, 15) is 8.42 Å². The van der Waals surface area contributed by atoms with E-state index in [0.29, 0.717) is 12.2 Å². The minimum atomic E-state index is -3.53. The first-order chi connectivity index (χ1) is 9.47. The van der Waals surface area contributed by atoms with Gasteiger partial charge in [0.25, 0.3) is 0 Å². The van der Waals surface area contributed by atoms with E-state index in [4.69, 9.17) is 0 Å². The fourth-order valence-electron chi connectivity index (χ4n) is 2.48. The van der Waals surface area contributed by atoms with Crippen LogP contribution in [0.1, 0.15) is 12.1 Å². The van der Waals surface area contributed by atoms with Crippen molar-refractivity contribution < 1.29 is 8.42 Å². The smallest absolute Gasteiger partial charge is 0.242 e. The second-order valence-electron chi connectivity index (χ2n) is 5.06. The summed E-state index contributed by atoms with van der Waals surface area (Å²) in [6.45, 7) is 3.35. The van der Waals surface area contributed by atoms with Crippen molar-refractivity contribution in [2.75, 3.05) is 13.1 Å². The van der Waals surface area contributed by atoms with Crippen molar-refractivity contribution in [2.45, 2.75) is 24.3 Å². The van der Waals surface area contributed by atoms with Gasteiger partial charge in [-0.2, -0.15) is 5.10 Å². The number of sulfonamides is 1. The molecule has 0 amide bonds. The Morgan fingerprint density at radius 1 is 1.48 bits per heavy atom. The van der Waals surface area contributed by atoms with E-state index in [1.807, 2.05) is 6.92 Å². The minimum absolute atomic E-state index is 0. The third kappa shape index (κ3) is 3.03. The third-order valence-corrected chi connectivity index (χ3v) is 5.02. The molecule has 9 heteroatoms. The fraction of sp³-hybridized carbons (Fsp3) is 0.500. The lowest BCUT2D eigenvalue weighted by molar-refractivity contribution is 0.560. The molecule has 1 saturated heterocycles. The molecular formula is C12H18ClN5O2S. The number of rotatable bonds is 3. The van der Waals surface area contributed by atoms with Gasteiger partial charge in [0, 0.05) is 31.2 Å². The monoisotopic (exact) mass is 331 g/mol. The molecule has 1 atom stereocenters. The number of pyridine rings is 1. The van der Waals surface area contributed by atoms with E-state index in [1.54, 1.807) is 17.8 Å². The molecule has 1 unspecified atom stereocenters. The Labute approximate surface area is 129 Å². The summed E-state index contributed by atoms with van der Waals surface area (Å²) in [5, 5.41) is 8.14. The molecule has 0 aromatic carbocycles. The molecule has 3 heterocycles. The average Bonchev–Trinajstić information content (AvgIpc) is 2.98. The van der Waals surface area contributed by atoms with Crippen LogP contribution in [0, 0.1) is 6.92 Å². The minimum Gasteiger partial charge on any atom is -0.315 e. The summed E-state index contributed by atoms with van der Waals surface area (Å²) >= 11 is 0. The summed E-state index contributed by atoms with van der Waals surface area (Å²) in [6, 6.07) is 1.58. The Kier molecular flexibility index (Phi) is 4.52. The molecule has 21 heavy (non-hydrogen) atoms. The topological polar surface area (TPSA) is 88.9 Å². The third-order valence-electron chi connectivity index (χ3n) is 3.53. The maximum absolute atomic E-state index is 12.3. The van der Waals surface area contributed by atoms with Gasteiger partial charge in [-0.25, -0.2) is 18.1 Å². The summed E-state index contributed by atoms with van der Waals surface area (Å²) in [4.78, 5) is 4.40. The highest BCUT2D eigenvalue weighted by Crippen LogP contribution is 2.19. The van der Waals surface area contributed by atoms with Crippen molar-refractivity contribution in [3.05, 3.63) is 18.0 Å².